The van der Waals surface area contributed by atoms with E-state index < -0.39 is 23.3 Å². The quantitative estimate of drug-likeness (QED) is 0.337. The summed E-state index contributed by atoms with van der Waals surface area (Å²) in [5, 5.41) is 11.6. The zero-order valence-electron chi connectivity index (χ0n) is 21.1. The van der Waals surface area contributed by atoms with E-state index in [1.54, 1.807) is 0 Å². The van der Waals surface area contributed by atoms with Gasteiger partial charge in [-0.1, -0.05) is 12.0 Å². The predicted molar refractivity (Wildman–Crippen MR) is 140 cm³/mol. The summed E-state index contributed by atoms with van der Waals surface area (Å²) in [5.74, 6) is 0.985. The number of phenols is 1. The van der Waals surface area contributed by atoms with Gasteiger partial charge in [0, 0.05) is 41.4 Å². The van der Waals surface area contributed by atoms with Crippen LogP contribution in [0.25, 0.3) is 32.9 Å². The van der Waals surface area contributed by atoms with Crippen molar-refractivity contribution in [1.29, 1.82) is 0 Å². The van der Waals surface area contributed by atoms with Crippen LogP contribution in [0.2, 0.25) is 0 Å². The van der Waals surface area contributed by atoms with Crippen molar-refractivity contribution in [2.24, 2.45) is 0 Å². The van der Waals surface area contributed by atoms with Gasteiger partial charge < -0.3 is 9.84 Å². The average molecular weight is 531 g/mol. The van der Waals surface area contributed by atoms with Gasteiger partial charge in [-0.15, -0.1) is 6.42 Å². The zero-order chi connectivity index (χ0) is 26.9. The Labute approximate surface area is 222 Å². The Bertz CT molecular complexity index is 1700. The minimum Gasteiger partial charge on any atom is -0.508 e. The Kier molecular flexibility index (Phi) is 5.46. The molecule has 3 aliphatic rings. The van der Waals surface area contributed by atoms with Gasteiger partial charge in [-0.25, -0.2) is 13.2 Å². The number of halogens is 3. The summed E-state index contributed by atoms with van der Waals surface area (Å²) in [6.45, 7) is 1.46. The van der Waals surface area contributed by atoms with Crippen LogP contribution < -0.4 is 4.74 Å². The zero-order valence-corrected chi connectivity index (χ0v) is 21.1. The Morgan fingerprint density at radius 1 is 1.21 bits per heavy atom. The monoisotopic (exact) mass is 530 g/mol. The second-order valence-electron chi connectivity index (χ2n) is 10.9. The third kappa shape index (κ3) is 3.89. The highest BCUT2D eigenvalue weighted by atomic mass is 19.1. The maximum Gasteiger partial charge on any atom is 0.317 e. The van der Waals surface area contributed by atoms with Gasteiger partial charge in [-0.3, -0.25) is 9.88 Å². The van der Waals surface area contributed by atoms with E-state index in [0.29, 0.717) is 29.4 Å². The number of phenolic OH excluding ortho intramolecular Hbond substituents is 1. The molecule has 198 valence electrons. The van der Waals surface area contributed by atoms with Crippen molar-refractivity contribution < 1.29 is 23.0 Å². The fourth-order valence-corrected chi connectivity index (χ4v) is 6.38. The molecule has 2 atom stereocenters. The molecule has 0 bridgehead atoms. The van der Waals surface area contributed by atoms with Gasteiger partial charge in [-0.05, 0) is 55.8 Å². The molecule has 2 aromatic heterocycles. The van der Waals surface area contributed by atoms with Crippen LogP contribution in [-0.2, 0) is 0 Å². The fraction of sp³-hybridized carbons (Fsp3) is 0.367. The number of alkyl halides is 1. The van der Waals surface area contributed by atoms with Gasteiger partial charge in [-0.2, -0.15) is 9.97 Å². The number of pyridine rings is 1. The molecule has 2 aliphatic heterocycles. The van der Waals surface area contributed by atoms with E-state index >= 15 is 4.39 Å². The van der Waals surface area contributed by atoms with Crippen molar-refractivity contribution in [1.82, 2.24) is 19.9 Å². The van der Waals surface area contributed by atoms with Crippen LogP contribution in [0.4, 0.5) is 13.2 Å². The molecule has 39 heavy (non-hydrogen) atoms. The van der Waals surface area contributed by atoms with Gasteiger partial charge in [0.1, 0.15) is 35.6 Å². The molecule has 0 radical (unpaired) electrons. The molecular formula is C30H25F3N4O2. The normalized spacial score (nSPS) is 22.9. The number of fused-ring (bicyclic) bond motifs is 3. The molecule has 0 amide bonds. The number of hydrogen-bond donors (Lipinski definition) is 1. The van der Waals surface area contributed by atoms with E-state index in [9.17, 15) is 13.9 Å². The Balaban J connectivity index is 1.36. The number of ether oxygens (including phenoxy) is 1. The molecule has 3 fully saturated rings. The van der Waals surface area contributed by atoms with Crippen LogP contribution in [0.15, 0.2) is 30.5 Å². The number of aromatic nitrogens is 3. The standard InChI is InChI=1S/C30H25F3N4O2/c1-2-20-23(32)7-6-17-10-19(38)11-21(24(17)20)27-25(33)28-22(13-34-27)26(16-4-5-16)35-29(36-28)39-15-30-8-3-9-37(30)14-18(31)12-30/h1,6-7,10-11,13,16,18,38H,3-5,8-9,12,14-15H2/t18-,30+/m1/s1. The molecule has 4 heterocycles. The first-order valence-corrected chi connectivity index (χ1v) is 13.2. The van der Waals surface area contributed by atoms with Gasteiger partial charge >= 0.3 is 6.01 Å². The van der Waals surface area contributed by atoms with Crippen molar-refractivity contribution in [2.75, 3.05) is 19.7 Å². The Morgan fingerprint density at radius 2 is 2.05 bits per heavy atom. The average Bonchev–Trinajstić information content (AvgIpc) is 3.62. The van der Waals surface area contributed by atoms with E-state index in [4.69, 9.17) is 11.2 Å². The summed E-state index contributed by atoms with van der Waals surface area (Å²) in [4.78, 5) is 15.6. The molecule has 1 saturated carbocycles. The maximum atomic E-state index is 16.3. The minimum atomic E-state index is -0.894. The number of hydrogen-bond acceptors (Lipinski definition) is 6. The topological polar surface area (TPSA) is 71.4 Å². The second kappa shape index (κ2) is 8.82. The summed E-state index contributed by atoms with van der Waals surface area (Å²) in [6, 6.07) is 5.49. The largest absolute Gasteiger partial charge is 0.508 e. The third-order valence-corrected chi connectivity index (χ3v) is 8.34. The summed E-state index contributed by atoms with van der Waals surface area (Å²) in [5.41, 5.74) is 0.296. The predicted octanol–water partition coefficient (Wildman–Crippen LogP) is 5.64. The Hall–Kier alpha value is -3.90. The molecule has 2 saturated heterocycles. The molecule has 6 nitrogen and oxygen atoms in total. The first-order chi connectivity index (χ1) is 18.9. The highest BCUT2D eigenvalue weighted by Crippen LogP contribution is 2.45. The SMILES string of the molecule is C#Cc1c(F)ccc2cc(O)cc(-c3ncc4c(C5CC5)nc(OC[C@@]56CCCN5C[C@H](F)C6)nc4c3F)c12. The molecule has 0 unspecified atom stereocenters. The van der Waals surface area contributed by atoms with Crippen molar-refractivity contribution >= 4 is 21.7 Å². The fourth-order valence-electron chi connectivity index (χ4n) is 6.38. The van der Waals surface area contributed by atoms with Gasteiger partial charge in [0.05, 0.1) is 16.8 Å². The first-order valence-electron chi connectivity index (χ1n) is 13.2. The number of nitrogens with zero attached hydrogens (tertiary/aromatic N) is 4. The molecule has 9 heteroatoms. The highest BCUT2D eigenvalue weighted by Gasteiger charge is 2.49. The lowest BCUT2D eigenvalue weighted by Crippen LogP contribution is -2.43. The second-order valence-corrected chi connectivity index (χ2v) is 10.9. The van der Waals surface area contributed by atoms with Crippen molar-refractivity contribution in [2.45, 2.75) is 49.7 Å². The number of benzene rings is 2. The van der Waals surface area contributed by atoms with E-state index in [0.717, 1.165) is 32.2 Å². The molecule has 4 aromatic rings. The minimum absolute atomic E-state index is 0.0256. The number of aromatic hydroxyl groups is 1. The first kappa shape index (κ1) is 24.2. The molecule has 2 aromatic carbocycles. The smallest absolute Gasteiger partial charge is 0.317 e. The molecular weight excluding hydrogens is 505 g/mol. The third-order valence-electron chi connectivity index (χ3n) is 8.34. The summed E-state index contributed by atoms with van der Waals surface area (Å²) in [6.07, 6.45) is 10.3. The summed E-state index contributed by atoms with van der Waals surface area (Å²) < 4.78 is 51.2. The maximum absolute atomic E-state index is 16.3. The van der Waals surface area contributed by atoms with Crippen LogP contribution in [0.1, 0.15) is 49.3 Å². The number of terminal acetylenes is 1. The lowest BCUT2D eigenvalue weighted by Gasteiger charge is -2.30. The molecule has 1 aliphatic carbocycles. The van der Waals surface area contributed by atoms with Gasteiger partial charge in [0.25, 0.3) is 0 Å². The van der Waals surface area contributed by atoms with Crippen LogP contribution >= 0.6 is 0 Å². The summed E-state index contributed by atoms with van der Waals surface area (Å²) >= 11 is 0. The van der Waals surface area contributed by atoms with Crippen LogP contribution in [0, 0.1) is 24.0 Å². The van der Waals surface area contributed by atoms with Crippen molar-refractivity contribution in [3.05, 3.63) is 53.4 Å². The van der Waals surface area contributed by atoms with E-state index in [2.05, 4.69) is 25.8 Å². The molecule has 1 N–H and O–H groups in total. The highest BCUT2D eigenvalue weighted by molar-refractivity contribution is 6.02. The van der Waals surface area contributed by atoms with E-state index in [1.807, 2.05) is 0 Å². The van der Waals surface area contributed by atoms with Crippen molar-refractivity contribution in [3.8, 4) is 35.4 Å². The van der Waals surface area contributed by atoms with Crippen LogP contribution in [0.5, 0.6) is 11.8 Å². The lowest BCUT2D eigenvalue weighted by atomic mass is 9.95. The van der Waals surface area contributed by atoms with E-state index in [-0.39, 0.29) is 52.0 Å². The molecule has 7 rings (SSSR count). The van der Waals surface area contributed by atoms with Gasteiger partial charge in [0.15, 0.2) is 5.82 Å². The van der Waals surface area contributed by atoms with Crippen molar-refractivity contribution in [3.63, 3.8) is 0 Å². The van der Waals surface area contributed by atoms with Crippen LogP contribution in [0.3, 0.4) is 0 Å². The lowest BCUT2D eigenvalue weighted by molar-refractivity contribution is 0.107. The summed E-state index contributed by atoms with van der Waals surface area (Å²) in [7, 11) is 0. The molecule has 0 spiro atoms. The Morgan fingerprint density at radius 3 is 2.85 bits per heavy atom. The van der Waals surface area contributed by atoms with Crippen LogP contribution in [-0.4, -0.2) is 56.4 Å². The van der Waals surface area contributed by atoms with Gasteiger partial charge in [0.2, 0.25) is 0 Å². The number of rotatable bonds is 5. The van der Waals surface area contributed by atoms with E-state index in [1.165, 1.54) is 30.5 Å².